The molecule has 0 radical (unpaired) electrons. The molecule has 0 aromatic carbocycles. The summed E-state index contributed by atoms with van der Waals surface area (Å²) in [5.74, 6) is 0. The quantitative estimate of drug-likeness (QED) is 0.505. The molecule has 1 fully saturated rings. The molecule has 0 heterocycles. The Morgan fingerprint density at radius 3 is 2.75 bits per heavy atom. The molecule has 0 bridgehead atoms. The topological polar surface area (TPSA) is 9.23 Å². The predicted octanol–water partition coefficient (Wildman–Crippen LogP) is 1.74. The highest BCUT2D eigenvalue weighted by Gasteiger charge is 2.16. The highest BCUT2D eigenvalue weighted by atomic mass is 16.5. The van der Waals surface area contributed by atoms with Crippen LogP contribution in [-0.4, -0.2) is 12.7 Å². The summed E-state index contributed by atoms with van der Waals surface area (Å²) in [6.07, 6.45) is 6.23. The third-order valence-corrected chi connectivity index (χ3v) is 1.50. The number of rotatable bonds is 3. The molecule has 1 nitrogen and oxygen atoms in total. The highest BCUT2D eigenvalue weighted by Crippen LogP contribution is 2.21. The van der Waals surface area contributed by atoms with E-state index in [-0.39, 0.29) is 0 Å². The van der Waals surface area contributed by atoms with Gasteiger partial charge in [-0.3, -0.25) is 0 Å². The first-order valence-electron chi connectivity index (χ1n) is 3.16. The first-order valence-corrected chi connectivity index (χ1v) is 3.16. The minimum absolute atomic E-state index is 0.563. The maximum absolute atomic E-state index is 5.31. The molecule has 0 saturated heterocycles. The van der Waals surface area contributed by atoms with Crippen LogP contribution in [-0.2, 0) is 4.74 Å². The highest BCUT2D eigenvalue weighted by molar-refractivity contribution is 4.72. The molecule has 46 valence electrons. The van der Waals surface area contributed by atoms with Crippen LogP contribution in [0.3, 0.4) is 0 Å². The van der Waals surface area contributed by atoms with E-state index in [1.165, 1.54) is 19.3 Å². The number of ether oxygens (including phenoxy) is 1. The van der Waals surface area contributed by atoms with Crippen molar-refractivity contribution >= 4 is 0 Å². The Kier molecular flexibility index (Phi) is 2.10. The Hall–Kier alpha value is -0.300. The SMILES string of the molecule is C=CCOC1CCC1. The van der Waals surface area contributed by atoms with E-state index in [0.29, 0.717) is 6.10 Å². The van der Waals surface area contributed by atoms with Crippen molar-refractivity contribution in [2.45, 2.75) is 25.4 Å². The van der Waals surface area contributed by atoms with E-state index in [0.717, 1.165) is 6.61 Å². The molecule has 0 aromatic heterocycles. The van der Waals surface area contributed by atoms with Gasteiger partial charge in [-0.1, -0.05) is 6.08 Å². The molecule has 0 aromatic rings. The largest absolute Gasteiger partial charge is 0.374 e. The summed E-state index contributed by atoms with van der Waals surface area (Å²) in [4.78, 5) is 0. The van der Waals surface area contributed by atoms with Crippen molar-refractivity contribution in [2.24, 2.45) is 0 Å². The van der Waals surface area contributed by atoms with Crippen molar-refractivity contribution < 1.29 is 4.74 Å². The average molecular weight is 112 g/mol. The van der Waals surface area contributed by atoms with Crippen LogP contribution < -0.4 is 0 Å². The van der Waals surface area contributed by atoms with Crippen LogP contribution >= 0.6 is 0 Å². The average Bonchev–Trinajstić information content (AvgIpc) is 1.63. The van der Waals surface area contributed by atoms with E-state index in [4.69, 9.17) is 4.74 Å². The van der Waals surface area contributed by atoms with Gasteiger partial charge in [0.1, 0.15) is 0 Å². The zero-order valence-corrected chi connectivity index (χ0v) is 5.10. The molecule has 8 heavy (non-hydrogen) atoms. The van der Waals surface area contributed by atoms with Crippen molar-refractivity contribution in [2.75, 3.05) is 6.61 Å². The molecule has 1 saturated carbocycles. The lowest BCUT2D eigenvalue weighted by Gasteiger charge is -2.24. The first kappa shape index (κ1) is 5.83. The van der Waals surface area contributed by atoms with Gasteiger partial charge in [0.05, 0.1) is 12.7 Å². The normalized spacial score (nSPS) is 20.0. The lowest BCUT2D eigenvalue weighted by atomic mass is 9.96. The Morgan fingerprint density at radius 2 is 2.38 bits per heavy atom. The van der Waals surface area contributed by atoms with Crippen LogP contribution in [0, 0.1) is 0 Å². The van der Waals surface area contributed by atoms with Gasteiger partial charge in [0.2, 0.25) is 0 Å². The van der Waals surface area contributed by atoms with Crippen LogP contribution in [0.2, 0.25) is 0 Å². The summed E-state index contributed by atoms with van der Waals surface area (Å²) in [6, 6.07) is 0. The van der Waals surface area contributed by atoms with E-state index in [1.807, 2.05) is 0 Å². The Balaban J connectivity index is 1.93. The van der Waals surface area contributed by atoms with Gasteiger partial charge in [-0.2, -0.15) is 0 Å². The van der Waals surface area contributed by atoms with Gasteiger partial charge in [-0.25, -0.2) is 0 Å². The number of hydrogen-bond donors (Lipinski definition) is 0. The maximum atomic E-state index is 5.31. The van der Waals surface area contributed by atoms with Gasteiger partial charge in [0, 0.05) is 0 Å². The van der Waals surface area contributed by atoms with Gasteiger partial charge in [0.25, 0.3) is 0 Å². The molecule has 0 unspecified atom stereocenters. The summed E-state index contributed by atoms with van der Waals surface area (Å²) in [6.45, 7) is 4.29. The summed E-state index contributed by atoms with van der Waals surface area (Å²) < 4.78 is 5.31. The third-order valence-electron chi connectivity index (χ3n) is 1.50. The fourth-order valence-corrected chi connectivity index (χ4v) is 0.742. The zero-order chi connectivity index (χ0) is 5.82. The van der Waals surface area contributed by atoms with E-state index in [1.54, 1.807) is 6.08 Å². The standard InChI is InChI=1S/C7H12O/c1-2-6-8-7-4-3-5-7/h2,7H,1,3-6H2. The van der Waals surface area contributed by atoms with E-state index in [2.05, 4.69) is 6.58 Å². The second-order valence-electron chi connectivity index (χ2n) is 2.17. The molecular weight excluding hydrogens is 100 g/mol. The van der Waals surface area contributed by atoms with Crippen molar-refractivity contribution in [1.82, 2.24) is 0 Å². The Labute approximate surface area is 50.3 Å². The molecule has 1 aliphatic carbocycles. The summed E-state index contributed by atoms with van der Waals surface area (Å²) in [7, 11) is 0. The zero-order valence-electron chi connectivity index (χ0n) is 5.10. The van der Waals surface area contributed by atoms with Crippen LogP contribution in [0.25, 0.3) is 0 Å². The van der Waals surface area contributed by atoms with E-state index in [9.17, 15) is 0 Å². The molecule has 0 aliphatic heterocycles. The Morgan fingerprint density at radius 1 is 1.62 bits per heavy atom. The molecule has 0 atom stereocenters. The summed E-state index contributed by atoms with van der Waals surface area (Å²) >= 11 is 0. The molecule has 0 spiro atoms. The van der Waals surface area contributed by atoms with Crippen molar-refractivity contribution in [1.29, 1.82) is 0 Å². The molecule has 1 heteroatoms. The van der Waals surface area contributed by atoms with E-state index >= 15 is 0 Å². The van der Waals surface area contributed by atoms with Gasteiger partial charge in [-0.15, -0.1) is 6.58 Å². The molecule has 0 amide bonds. The minimum atomic E-state index is 0.563. The van der Waals surface area contributed by atoms with Crippen LogP contribution in [0.1, 0.15) is 19.3 Å². The third kappa shape index (κ3) is 1.34. The maximum Gasteiger partial charge on any atom is 0.0648 e. The fourth-order valence-electron chi connectivity index (χ4n) is 0.742. The first-order chi connectivity index (χ1) is 3.93. The molecule has 1 rings (SSSR count). The van der Waals surface area contributed by atoms with Crippen LogP contribution in [0.15, 0.2) is 12.7 Å². The predicted molar refractivity (Wildman–Crippen MR) is 33.8 cm³/mol. The fraction of sp³-hybridized carbons (Fsp3) is 0.714. The summed E-state index contributed by atoms with van der Waals surface area (Å²) in [5, 5.41) is 0. The van der Waals surface area contributed by atoms with Gasteiger partial charge in [0.15, 0.2) is 0 Å². The Bertz CT molecular complexity index is 74.5. The van der Waals surface area contributed by atoms with Gasteiger partial charge in [-0.05, 0) is 19.3 Å². The monoisotopic (exact) mass is 112 g/mol. The molecule has 0 N–H and O–H groups in total. The minimum Gasteiger partial charge on any atom is -0.374 e. The summed E-state index contributed by atoms with van der Waals surface area (Å²) in [5.41, 5.74) is 0. The lowest BCUT2D eigenvalue weighted by Crippen LogP contribution is -2.21. The number of hydrogen-bond acceptors (Lipinski definition) is 1. The lowest BCUT2D eigenvalue weighted by molar-refractivity contribution is 0.0189. The van der Waals surface area contributed by atoms with Gasteiger partial charge >= 0.3 is 0 Å². The second kappa shape index (κ2) is 2.88. The van der Waals surface area contributed by atoms with E-state index < -0.39 is 0 Å². The molecule has 1 aliphatic rings. The van der Waals surface area contributed by atoms with Crippen molar-refractivity contribution in [3.8, 4) is 0 Å². The van der Waals surface area contributed by atoms with Crippen LogP contribution in [0.5, 0.6) is 0 Å². The van der Waals surface area contributed by atoms with Crippen molar-refractivity contribution in [3.63, 3.8) is 0 Å². The van der Waals surface area contributed by atoms with Crippen LogP contribution in [0.4, 0.5) is 0 Å². The molecular formula is C7H12O. The smallest absolute Gasteiger partial charge is 0.0648 e. The van der Waals surface area contributed by atoms with Gasteiger partial charge < -0.3 is 4.74 Å². The van der Waals surface area contributed by atoms with Crippen molar-refractivity contribution in [3.05, 3.63) is 12.7 Å². The second-order valence-corrected chi connectivity index (χ2v) is 2.17.